The van der Waals surface area contributed by atoms with Crippen LogP contribution in [0.1, 0.15) is 12.1 Å². The van der Waals surface area contributed by atoms with Crippen molar-refractivity contribution >= 4 is 34.3 Å². The third kappa shape index (κ3) is 4.02. The van der Waals surface area contributed by atoms with Crippen LogP contribution < -0.4 is 11.3 Å². The fourth-order valence-corrected chi connectivity index (χ4v) is 2.27. The molecule has 0 aliphatic rings. The summed E-state index contributed by atoms with van der Waals surface area (Å²) >= 11 is 2.81. The number of ether oxygens (including phenoxy) is 1. The highest BCUT2D eigenvalue weighted by Gasteiger charge is 2.07. The lowest BCUT2D eigenvalue weighted by Gasteiger charge is -2.00. The molecule has 0 saturated heterocycles. The minimum atomic E-state index is -0.198. The van der Waals surface area contributed by atoms with E-state index in [1.165, 1.54) is 18.6 Å². The number of nitrogens with zero attached hydrogens (tertiary/aromatic N) is 2. The van der Waals surface area contributed by atoms with Gasteiger partial charge in [0, 0.05) is 23.0 Å². The number of methoxy groups -OCH3 is 1. The van der Waals surface area contributed by atoms with Crippen LogP contribution in [0.3, 0.4) is 0 Å². The second kappa shape index (κ2) is 6.59. The zero-order valence-electron chi connectivity index (χ0n) is 8.23. The predicted molar refractivity (Wildman–Crippen MR) is 60.5 cm³/mol. The molecule has 8 heteroatoms. The van der Waals surface area contributed by atoms with Gasteiger partial charge in [-0.2, -0.15) is 11.8 Å². The molecule has 1 aromatic heterocycles. The van der Waals surface area contributed by atoms with Gasteiger partial charge in [0.25, 0.3) is 0 Å². The Labute approximate surface area is 95.7 Å². The molecule has 6 nitrogen and oxygen atoms in total. The summed E-state index contributed by atoms with van der Waals surface area (Å²) in [6.07, 6.45) is 0.407. The first-order valence-electron chi connectivity index (χ1n) is 4.20. The largest absolute Gasteiger partial charge is 0.469 e. The molecular formula is C7H12N4O2S2. The molecule has 0 radical (unpaired) electrons. The molecule has 0 aromatic carbocycles. The highest BCUT2D eigenvalue weighted by molar-refractivity contribution is 7.98. The van der Waals surface area contributed by atoms with E-state index in [-0.39, 0.29) is 5.97 Å². The van der Waals surface area contributed by atoms with E-state index < -0.39 is 0 Å². The third-order valence-corrected chi connectivity index (χ3v) is 3.27. The summed E-state index contributed by atoms with van der Waals surface area (Å²) in [6, 6.07) is 0. The van der Waals surface area contributed by atoms with E-state index in [1.54, 1.807) is 11.8 Å². The van der Waals surface area contributed by atoms with Gasteiger partial charge in [0.05, 0.1) is 13.5 Å². The van der Waals surface area contributed by atoms with Crippen molar-refractivity contribution in [3.05, 3.63) is 5.69 Å². The summed E-state index contributed by atoms with van der Waals surface area (Å²) in [5.74, 6) is 6.46. The Morgan fingerprint density at radius 1 is 1.73 bits per heavy atom. The van der Waals surface area contributed by atoms with Crippen LogP contribution in [0.25, 0.3) is 0 Å². The van der Waals surface area contributed by atoms with Gasteiger partial charge in [-0.1, -0.05) is 4.49 Å². The van der Waals surface area contributed by atoms with Gasteiger partial charge in [0.1, 0.15) is 10.7 Å². The van der Waals surface area contributed by atoms with Crippen LogP contribution in [0, 0.1) is 0 Å². The van der Waals surface area contributed by atoms with Crippen LogP contribution in [-0.2, 0) is 15.3 Å². The summed E-state index contributed by atoms with van der Waals surface area (Å²) in [4.78, 5) is 10.8. The van der Waals surface area contributed by atoms with Crippen molar-refractivity contribution in [3.8, 4) is 0 Å². The lowest BCUT2D eigenvalue weighted by Crippen LogP contribution is -2.07. The number of hydrogen-bond acceptors (Lipinski definition) is 8. The molecule has 0 fully saturated rings. The number of nitrogens with one attached hydrogen (secondary N) is 1. The van der Waals surface area contributed by atoms with E-state index in [4.69, 9.17) is 5.84 Å². The summed E-state index contributed by atoms with van der Waals surface area (Å²) in [6.45, 7) is 0. The smallest absolute Gasteiger partial charge is 0.306 e. The highest BCUT2D eigenvalue weighted by Crippen LogP contribution is 2.21. The van der Waals surface area contributed by atoms with Gasteiger partial charge in [0.15, 0.2) is 0 Å². The average Bonchev–Trinajstić information content (AvgIpc) is 2.71. The standard InChI is InChI=1S/C7H12N4O2S2/c1-13-6(12)2-3-14-4-5-7(9-8)15-11-10-5/h9H,2-4,8H2,1H3. The number of nitrogens with two attached hydrogens (primary N) is 1. The maximum atomic E-state index is 10.8. The lowest BCUT2D eigenvalue weighted by molar-refractivity contribution is -0.140. The molecule has 1 heterocycles. The molecule has 1 aromatic rings. The number of hydrazine groups is 1. The Morgan fingerprint density at radius 2 is 2.53 bits per heavy atom. The molecule has 0 amide bonds. The van der Waals surface area contributed by atoms with Crippen molar-refractivity contribution in [2.75, 3.05) is 18.3 Å². The van der Waals surface area contributed by atoms with Gasteiger partial charge in [-0.3, -0.25) is 4.79 Å². The number of nitrogen functional groups attached to an aromatic ring is 1. The SMILES string of the molecule is COC(=O)CCSCc1nnsc1NN. The van der Waals surface area contributed by atoms with Crippen molar-refractivity contribution in [1.29, 1.82) is 0 Å². The summed E-state index contributed by atoms with van der Waals surface area (Å²) in [5.41, 5.74) is 3.34. The quantitative estimate of drug-likeness (QED) is 0.330. The molecule has 0 bridgehead atoms. The molecular weight excluding hydrogens is 236 g/mol. The number of anilines is 1. The Balaban J connectivity index is 2.23. The van der Waals surface area contributed by atoms with E-state index in [0.29, 0.717) is 17.9 Å². The van der Waals surface area contributed by atoms with Crippen molar-refractivity contribution < 1.29 is 9.53 Å². The molecule has 0 atom stereocenters. The van der Waals surface area contributed by atoms with Crippen LogP contribution in [-0.4, -0.2) is 28.4 Å². The lowest BCUT2D eigenvalue weighted by atomic mass is 10.5. The highest BCUT2D eigenvalue weighted by atomic mass is 32.2. The Morgan fingerprint density at radius 3 is 3.20 bits per heavy atom. The molecule has 0 aliphatic heterocycles. The topological polar surface area (TPSA) is 90.1 Å². The molecule has 84 valence electrons. The first-order chi connectivity index (χ1) is 7.27. The predicted octanol–water partition coefficient (Wildman–Crippen LogP) is 0.620. The maximum Gasteiger partial charge on any atom is 0.306 e. The first-order valence-corrected chi connectivity index (χ1v) is 6.13. The molecule has 0 saturated carbocycles. The average molecular weight is 248 g/mol. The number of hydrogen-bond donors (Lipinski definition) is 2. The second-order valence-corrected chi connectivity index (χ2v) is 4.43. The van der Waals surface area contributed by atoms with Gasteiger partial charge in [-0.15, -0.1) is 5.10 Å². The van der Waals surface area contributed by atoms with Gasteiger partial charge >= 0.3 is 5.97 Å². The monoisotopic (exact) mass is 248 g/mol. The molecule has 3 N–H and O–H groups in total. The number of carbonyl (C=O) groups is 1. The van der Waals surface area contributed by atoms with E-state index in [0.717, 1.165) is 10.7 Å². The zero-order chi connectivity index (χ0) is 11.1. The molecule has 1 rings (SSSR count). The normalized spacial score (nSPS) is 10.0. The minimum absolute atomic E-state index is 0.198. The number of thioether (sulfide) groups is 1. The summed E-state index contributed by atoms with van der Waals surface area (Å²) < 4.78 is 8.29. The fourth-order valence-electron chi connectivity index (χ4n) is 0.839. The van der Waals surface area contributed by atoms with Crippen molar-refractivity contribution in [2.24, 2.45) is 5.84 Å². The minimum Gasteiger partial charge on any atom is -0.469 e. The number of esters is 1. The van der Waals surface area contributed by atoms with Crippen LogP contribution in [0.4, 0.5) is 5.00 Å². The van der Waals surface area contributed by atoms with Crippen molar-refractivity contribution in [2.45, 2.75) is 12.2 Å². The van der Waals surface area contributed by atoms with Crippen molar-refractivity contribution in [1.82, 2.24) is 9.59 Å². The van der Waals surface area contributed by atoms with Crippen LogP contribution in [0.15, 0.2) is 0 Å². The maximum absolute atomic E-state index is 10.8. The van der Waals surface area contributed by atoms with Gasteiger partial charge in [0.2, 0.25) is 0 Å². The molecule has 0 aliphatic carbocycles. The van der Waals surface area contributed by atoms with Crippen molar-refractivity contribution in [3.63, 3.8) is 0 Å². The van der Waals surface area contributed by atoms with Crippen LogP contribution in [0.5, 0.6) is 0 Å². The Hall–Kier alpha value is -0.860. The number of aromatic nitrogens is 2. The third-order valence-electron chi connectivity index (χ3n) is 1.60. The van der Waals surface area contributed by atoms with E-state index >= 15 is 0 Å². The molecule has 0 unspecified atom stereocenters. The summed E-state index contributed by atoms with van der Waals surface area (Å²) in [7, 11) is 1.38. The van der Waals surface area contributed by atoms with Gasteiger partial charge in [-0.05, 0) is 0 Å². The Kier molecular flexibility index (Phi) is 5.37. The van der Waals surface area contributed by atoms with Crippen LogP contribution in [0.2, 0.25) is 0 Å². The van der Waals surface area contributed by atoms with Gasteiger partial charge in [-0.25, -0.2) is 5.84 Å². The van der Waals surface area contributed by atoms with E-state index in [1.807, 2.05) is 0 Å². The van der Waals surface area contributed by atoms with E-state index in [9.17, 15) is 4.79 Å². The summed E-state index contributed by atoms with van der Waals surface area (Å²) in [5, 5.41) is 4.68. The number of carbonyl (C=O) groups excluding carboxylic acids is 1. The molecule has 15 heavy (non-hydrogen) atoms. The first kappa shape index (κ1) is 12.2. The van der Waals surface area contributed by atoms with Crippen LogP contribution >= 0.6 is 23.3 Å². The second-order valence-electron chi connectivity index (χ2n) is 2.57. The number of rotatable bonds is 6. The van der Waals surface area contributed by atoms with Gasteiger partial charge < -0.3 is 10.2 Å². The molecule has 0 spiro atoms. The zero-order valence-corrected chi connectivity index (χ0v) is 9.86. The van der Waals surface area contributed by atoms with E-state index in [2.05, 4.69) is 19.7 Å². The Bertz CT molecular complexity index is 318. The fraction of sp³-hybridized carbons (Fsp3) is 0.571.